The summed E-state index contributed by atoms with van der Waals surface area (Å²) in [6.07, 6.45) is 3.73. The summed E-state index contributed by atoms with van der Waals surface area (Å²) in [7, 11) is 0. The highest BCUT2D eigenvalue weighted by molar-refractivity contribution is 5.81. The molecule has 1 amide bonds. The van der Waals surface area contributed by atoms with Gasteiger partial charge in [-0.2, -0.15) is 0 Å². The van der Waals surface area contributed by atoms with Crippen molar-refractivity contribution in [1.29, 1.82) is 0 Å². The molecule has 1 aliphatic carbocycles. The summed E-state index contributed by atoms with van der Waals surface area (Å²) < 4.78 is 19.0. The maximum absolute atomic E-state index is 13.6. The molecule has 0 bridgehead atoms. The van der Waals surface area contributed by atoms with Crippen molar-refractivity contribution in [2.75, 3.05) is 0 Å². The Balaban J connectivity index is 1.91. The number of nitrogens with two attached hydrogens (primary N) is 1. The van der Waals surface area contributed by atoms with E-state index in [4.69, 9.17) is 10.5 Å². The molecule has 0 aromatic heterocycles. The van der Waals surface area contributed by atoms with Crippen LogP contribution in [-0.2, 0) is 11.3 Å². The van der Waals surface area contributed by atoms with E-state index in [-0.39, 0.29) is 18.5 Å². The summed E-state index contributed by atoms with van der Waals surface area (Å²) in [5.74, 6) is -0.220. The molecule has 1 aromatic carbocycles. The Kier molecular flexibility index (Phi) is 4.95. The predicted molar refractivity (Wildman–Crippen MR) is 74.8 cm³/mol. The lowest BCUT2D eigenvalue weighted by Gasteiger charge is -2.18. The van der Waals surface area contributed by atoms with E-state index < -0.39 is 11.9 Å². The quantitative estimate of drug-likeness (QED) is 0.868. The van der Waals surface area contributed by atoms with Gasteiger partial charge < -0.3 is 15.8 Å². The highest BCUT2D eigenvalue weighted by Gasteiger charge is 2.21. The van der Waals surface area contributed by atoms with E-state index in [1.165, 1.54) is 6.07 Å². The molecular formula is C15H21FN2O2. The van der Waals surface area contributed by atoms with Crippen molar-refractivity contribution in [3.63, 3.8) is 0 Å². The largest absolute Gasteiger partial charge is 0.481 e. The molecule has 1 fully saturated rings. The van der Waals surface area contributed by atoms with Crippen LogP contribution in [-0.4, -0.2) is 18.1 Å². The Morgan fingerprint density at radius 3 is 2.80 bits per heavy atom. The first kappa shape index (κ1) is 14.8. The van der Waals surface area contributed by atoms with Gasteiger partial charge in [0.15, 0.2) is 6.10 Å². The second kappa shape index (κ2) is 6.70. The molecule has 1 saturated carbocycles. The number of hydrogen-bond donors (Lipinski definition) is 2. The third-order valence-corrected chi connectivity index (χ3v) is 3.63. The highest BCUT2D eigenvalue weighted by Crippen LogP contribution is 2.19. The first-order valence-electron chi connectivity index (χ1n) is 7.05. The molecule has 1 aliphatic rings. The third kappa shape index (κ3) is 3.70. The SMILES string of the molecule is CC(Oc1ccc(CN)c(F)c1)C(=O)NC1CCCC1. The Labute approximate surface area is 118 Å². The summed E-state index contributed by atoms with van der Waals surface area (Å²) in [5.41, 5.74) is 5.83. The number of nitrogens with one attached hydrogen (secondary N) is 1. The fraction of sp³-hybridized carbons (Fsp3) is 0.533. The van der Waals surface area contributed by atoms with Crippen LogP contribution >= 0.6 is 0 Å². The van der Waals surface area contributed by atoms with E-state index in [2.05, 4.69) is 5.32 Å². The lowest BCUT2D eigenvalue weighted by atomic mass is 10.2. The average Bonchev–Trinajstić information content (AvgIpc) is 2.91. The van der Waals surface area contributed by atoms with Gasteiger partial charge >= 0.3 is 0 Å². The van der Waals surface area contributed by atoms with Crippen molar-refractivity contribution in [2.24, 2.45) is 5.73 Å². The molecule has 2 rings (SSSR count). The highest BCUT2D eigenvalue weighted by atomic mass is 19.1. The van der Waals surface area contributed by atoms with Crippen molar-refractivity contribution in [3.05, 3.63) is 29.6 Å². The number of rotatable bonds is 5. The zero-order chi connectivity index (χ0) is 14.5. The minimum atomic E-state index is -0.640. The van der Waals surface area contributed by atoms with Crippen LogP contribution in [0, 0.1) is 5.82 Å². The van der Waals surface area contributed by atoms with Gasteiger partial charge in [0, 0.05) is 24.2 Å². The van der Waals surface area contributed by atoms with E-state index in [1.54, 1.807) is 19.1 Å². The minimum Gasteiger partial charge on any atom is -0.481 e. The molecule has 4 nitrogen and oxygen atoms in total. The molecule has 1 aromatic rings. The van der Waals surface area contributed by atoms with Crippen molar-refractivity contribution < 1.29 is 13.9 Å². The molecule has 0 saturated heterocycles. The standard InChI is InChI=1S/C15H21FN2O2/c1-10(15(19)18-12-4-2-3-5-12)20-13-7-6-11(9-17)14(16)8-13/h6-8,10,12H,2-5,9,17H2,1H3,(H,18,19). The van der Waals surface area contributed by atoms with Crippen molar-refractivity contribution >= 4 is 5.91 Å². The Bertz CT molecular complexity index is 473. The number of carbonyl (C=O) groups is 1. The molecular weight excluding hydrogens is 259 g/mol. The van der Waals surface area contributed by atoms with Gasteiger partial charge in [-0.25, -0.2) is 4.39 Å². The van der Waals surface area contributed by atoms with Crippen LogP contribution in [0.15, 0.2) is 18.2 Å². The first-order valence-corrected chi connectivity index (χ1v) is 7.05. The van der Waals surface area contributed by atoms with E-state index in [1.807, 2.05) is 0 Å². The smallest absolute Gasteiger partial charge is 0.260 e. The maximum atomic E-state index is 13.6. The van der Waals surface area contributed by atoms with Crippen LogP contribution in [0.25, 0.3) is 0 Å². The first-order chi connectivity index (χ1) is 9.60. The fourth-order valence-electron chi connectivity index (χ4n) is 2.41. The van der Waals surface area contributed by atoms with Crippen LogP contribution in [0.1, 0.15) is 38.2 Å². The van der Waals surface area contributed by atoms with Crippen molar-refractivity contribution in [2.45, 2.75) is 51.3 Å². The van der Waals surface area contributed by atoms with Gasteiger partial charge in [-0.15, -0.1) is 0 Å². The second-order valence-electron chi connectivity index (χ2n) is 5.21. The van der Waals surface area contributed by atoms with Crippen LogP contribution in [0.5, 0.6) is 5.75 Å². The van der Waals surface area contributed by atoms with Gasteiger partial charge in [-0.1, -0.05) is 18.9 Å². The molecule has 5 heteroatoms. The van der Waals surface area contributed by atoms with E-state index in [0.29, 0.717) is 11.3 Å². The monoisotopic (exact) mass is 280 g/mol. The van der Waals surface area contributed by atoms with Crippen LogP contribution in [0.2, 0.25) is 0 Å². The third-order valence-electron chi connectivity index (χ3n) is 3.63. The topological polar surface area (TPSA) is 64.3 Å². The average molecular weight is 280 g/mol. The van der Waals surface area contributed by atoms with Crippen molar-refractivity contribution in [3.8, 4) is 5.75 Å². The van der Waals surface area contributed by atoms with Crippen molar-refractivity contribution in [1.82, 2.24) is 5.32 Å². The number of ether oxygens (including phenoxy) is 1. The maximum Gasteiger partial charge on any atom is 0.260 e. The molecule has 110 valence electrons. The van der Waals surface area contributed by atoms with E-state index in [0.717, 1.165) is 25.7 Å². The second-order valence-corrected chi connectivity index (χ2v) is 5.21. The Hall–Kier alpha value is -1.62. The Morgan fingerprint density at radius 2 is 2.20 bits per heavy atom. The molecule has 0 aliphatic heterocycles. The Morgan fingerprint density at radius 1 is 1.50 bits per heavy atom. The number of hydrogen-bond acceptors (Lipinski definition) is 3. The lowest BCUT2D eigenvalue weighted by molar-refractivity contribution is -0.127. The van der Waals surface area contributed by atoms with Crippen LogP contribution in [0.3, 0.4) is 0 Å². The zero-order valence-electron chi connectivity index (χ0n) is 11.7. The fourth-order valence-corrected chi connectivity index (χ4v) is 2.41. The summed E-state index contributed by atoms with van der Waals surface area (Å²) in [5, 5.41) is 2.96. The number of amides is 1. The predicted octanol–water partition coefficient (Wildman–Crippen LogP) is 2.11. The molecule has 1 unspecified atom stereocenters. The van der Waals surface area contributed by atoms with Crippen LogP contribution in [0.4, 0.5) is 4.39 Å². The molecule has 0 radical (unpaired) electrons. The number of halogens is 1. The van der Waals surface area contributed by atoms with Gasteiger partial charge in [0.25, 0.3) is 5.91 Å². The summed E-state index contributed by atoms with van der Waals surface area (Å²) >= 11 is 0. The lowest BCUT2D eigenvalue weighted by Crippen LogP contribution is -2.41. The summed E-state index contributed by atoms with van der Waals surface area (Å²) in [4.78, 5) is 12.0. The number of carbonyl (C=O) groups excluding carboxylic acids is 1. The molecule has 0 heterocycles. The van der Waals surface area contributed by atoms with Crippen LogP contribution < -0.4 is 15.8 Å². The number of benzene rings is 1. The molecule has 0 spiro atoms. The normalized spacial score (nSPS) is 16.9. The summed E-state index contributed by atoms with van der Waals surface area (Å²) in [6.45, 7) is 1.81. The molecule has 20 heavy (non-hydrogen) atoms. The van der Waals surface area contributed by atoms with E-state index in [9.17, 15) is 9.18 Å². The molecule has 3 N–H and O–H groups in total. The van der Waals surface area contributed by atoms with Gasteiger partial charge in [-0.3, -0.25) is 4.79 Å². The minimum absolute atomic E-state index is 0.143. The van der Waals surface area contributed by atoms with Gasteiger partial charge in [0.1, 0.15) is 11.6 Å². The van der Waals surface area contributed by atoms with Gasteiger partial charge in [0.2, 0.25) is 0 Å². The summed E-state index contributed by atoms with van der Waals surface area (Å²) in [6, 6.07) is 4.73. The zero-order valence-corrected chi connectivity index (χ0v) is 11.7. The molecule has 1 atom stereocenters. The van der Waals surface area contributed by atoms with Gasteiger partial charge in [-0.05, 0) is 25.8 Å². The van der Waals surface area contributed by atoms with Gasteiger partial charge in [0.05, 0.1) is 0 Å². The van der Waals surface area contributed by atoms with E-state index >= 15 is 0 Å².